The number of nitrogens with zero attached hydrogens (tertiary/aromatic N) is 3. The lowest BCUT2D eigenvalue weighted by molar-refractivity contribution is 0.368. The minimum Gasteiger partial charge on any atom is -0.438 e. The van der Waals surface area contributed by atoms with Crippen molar-refractivity contribution in [1.29, 1.82) is 0 Å². The highest BCUT2D eigenvalue weighted by molar-refractivity contribution is 5.85. The Balaban J connectivity index is 0.00000120. The smallest absolute Gasteiger partial charge is 0.295 e. The van der Waals surface area contributed by atoms with Crippen molar-refractivity contribution in [2.24, 2.45) is 5.73 Å². The maximum atomic E-state index is 6.25. The van der Waals surface area contributed by atoms with Crippen molar-refractivity contribution < 1.29 is 8.94 Å². The third-order valence-electron chi connectivity index (χ3n) is 3.31. The van der Waals surface area contributed by atoms with E-state index in [1.54, 1.807) is 0 Å². The molecule has 0 radical (unpaired) electrons. The molecular weight excluding hydrogens is 256 g/mol. The number of halogens is 1. The fraction of sp³-hybridized carbons (Fsp3) is 0.545. The molecule has 0 spiro atoms. The summed E-state index contributed by atoms with van der Waals surface area (Å²) in [5.41, 5.74) is 6.55. The van der Waals surface area contributed by atoms with Crippen molar-refractivity contribution in [1.82, 2.24) is 15.1 Å². The number of aryl methyl sites for hydroxylation is 1. The first-order chi connectivity index (χ1) is 8.19. The lowest BCUT2D eigenvalue weighted by Crippen LogP contribution is -2.34. The van der Waals surface area contributed by atoms with E-state index < -0.39 is 5.54 Å². The van der Waals surface area contributed by atoms with Gasteiger partial charge >= 0.3 is 0 Å². The predicted molar refractivity (Wildman–Crippen MR) is 66.1 cm³/mol. The van der Waals surface area contributed by atoms with Crippen LogP contribution in [0.3, 0.4) is 0 Å². The molecule has 1 saturated carbocycles. The third-order valence-corrected chi connectivity index (χ3v) is 3.31. The van der Waals surface area contributed by atoms with Crippen LogP contribution in [-0.2, 0) is 5.54 Å². The molecule has 3 rings (SSSR count). The van der Waals surface area contributed by atoms with Crippen LogP contribution in [0.4, 0.5) is 0 Å². The minimum atomic E-state index is -0.435. The quantitative estimate of drug-likeness (QED) is 0.899. The monoisotopic (exact) mass is 270 g/mol. The van der Waals surface area contributed by atoms with E-state index in [9.17, 15) is 0 Å². The van der Waals surface area contributed by atoms with E-state index in [0.29, 0.717) is 17.5 Å². The van der Waals surface area contributed by atoms with Gasteiger partial charge in [-0.3, -0.25) is 0 Å². The van der Waals surface area contributed by atoms with Crippen LogP contribution in [0, 0.1) is 6.92 Å². The Morgan fingerprint density at radius 1 is 1.33 bits per heavy atom. The first-order valence-corrected chi connectivity index (χ1v) is 5.72. The van der Waals surface area contributed by atoms with Crippen molar-refractivity contribution in [3.05, 3.63) is 17.9 Å². The zero-order chi connectivity index (χ0) is 11.9. The molecule has 18 heavy (non-hydrogen) atoms. The summed E-state index contributed by atoms with van der Waals surface area (Å²) in [5.74, 6) is 1.44. The van der Waals surface area contributed by atoms with E-state index >= 15 is 0 Å². The van der Waals surface area contributed by atoms with E-state index in [1.165, 1.54) is 6.39 Å². The third kappa shape index (κ3) is 2.02. The first kappa shape index (κ1) is 13.0. The summed E-state index contributed by atoms with van der Waals surface area (Å²) in [6.45, 7) is 1.83. The predicted octanol–water partition coefficient (Wildman–Crippen LogP) is 2.18. The van der Waals surface area contributed by atoms with Crippen molar-refractivity contribution in [2.75, 3.05) is 0 Å². The fourth-order valence-electron chi connectivity index (χ4n) is 2.25. The summed E-state index contributed by atoms with van der Waals surface area (Å²) < 4.78 is 10.4. The Labute approximate surface area is 110 Å². The molecule has 0 unspecified atom stereocenters. The molecule has 1 aliphatic carbocycles. The number of hydrogen-bond acceptors (Lipinski definition) is 6. The molecule has 98 valence electrons. The van der Waals surface area contributed by atoms with E-state index in [0.717, 1.165) is 31.4 Å². The summed E-state index contributed by atoms with van der Waals surface area (Å²) in [7, 11) is 0. The molecule has 0 aliphatic heterocycles. The number of rotatable bonds is 2. The first-order valence-electron chi connectivity index (χ1n) is 5.72. The Kier molecular flexibility index (Phi) is 3.41. The van der Waals surface area contributed by atoms with E-state index in [-0.39, 0.29) is 12.4 Å². The van der Waals surface area contributed by atoms with Crippen LogP contribution in [-0.4, -0.2) is 15.1 Å². The van der Waals surface area contributed by atoms with Gasteiger partial charge in [0.05, 0.1) is 11.2 Å². The molecule has 2 heterocycles. The number of nitrogens with two attached hydrogens (primary N) is 1. The number of hydrogen-bond donors (Lipinski definition) is 1. The zero-order valence-electron chi connectivity index (χ0n) is 10.0. The normalized spacial score (nSPS) is 17.7. The Morgan fingerprint density at radius 3 is 2.67 bits per heavy atom. The molecule has 7 heteroatoms. The van der Waals surface area contributed by atoms with Crippen LogP contribution >= 0.6 is 12.4 Å². The van der Waals surface area contributed by atoms with Crippen LogP contribution in [0.2, 0.25) is 0 Å². The summed E-state index contributed by atoms with van der Waals surface area (Å²) in [4.78, 5) is 8.32. The van der Waals surface area contributed by atoms with E-state index in [4.69, 9.17) is 14.7 Å². The second-order valence-electron chi connectivity index (χ2n) is 4.55. The summed E-state index contributed by atoms with van der Waals surface area (Å²) in [5, 5.41) is 3.97. The van der Waals surface area contributed by atoms with Gasteiger partial charge in [0.1, 0.15) is 0 Å². The molecule has 6 nitrogen and oxygen atoms in total. The van der Waals surface area contributed by atoms with Crippen LogP contribution < -0.4 is 5.73 Å². The molecule has 0 saturated heterocycles. The molecule has 0 bridgehead atoms. The van der Waals surface area contributed by atoms with Crippen LogP contribution in [0.5, 0.6) is 0 Å². The largest absolute Gasteiger partial charge is 0.438 e. The van der Waals surface area contributed by atoms with Gasteiger partial charge in [0, 0.05) is 0 Å². The molecular formula is C11H15ClN4O2. The molecule has 0 atom stereocenters. The second-order valence-corrected chi connectivity index (χ2v) is 4.55. The summed E-state index contributed by atoms with van der Waals surface area (Å²) in [6.07, 6.45) is 5.40. The van der Waals surface area contributed by atoms with E-state index in [2.05, 4.69) is 15.1 Å². The van der Waals surface area contributed by atoms with Crippen molar-refractivity contribution >= 4 is 12.4 Å². The standard InChI is InChI=1S/C11H14N4O2.ClH/c1-7-8(16-6-13-7)9-14-10(15-17-9)11(12)4-2-3-5-11;/h6H,2-5,12H2,1H3;1H. The maximum absolute atomic E-state index is 6.25. The lowest BCUT2D eigenvalue weighted by atomic mass is 9.99. The molecule has 2 aromatic rings. The van der Waals surface area contributed by atoms with Crippen LogP contribution in [0.1, 0.15) is 37.2 Å². The van der Waals surface area contributed by atoms with Gasteiger partial charge in [0.25, 0.3) is 5.89 Å². The van der Waals surface area contributed by atoms with Gasteiger partial charge in [0.15, 0.2) is 12.2 Å². The maximum Gasteiger partial charge on any atom is 0.295 e. The Bertz CT molecular complexity index is 531. The molecule has 2 aromatic heterocycles. The minimum absolute atomic E-state index is 0. The highest BCUT2D eigenvalue weighted by Crippen LogP contribution is 2.35. The molecule has 1 aliphatic rings. The van der Waals surface area contributed by atoms with Gasteiger partial charge < -0.3 is 14.7 Å². The molecule has 0 amide bonds. The molecule has 2 N–H and O–H groups in total. The van der Waals surface area contributed by atoms with Crippen molar-refractivity contribution in [3.8, 4) is 11.7 Å². The van der Waals surface area contributed by atoms with Crippen molar-refractivity contribution in [3.63, 3.8) is 0 Å². The SMILES string of the molecule is Cc1ncoc1-c1nc(C2(N)CCCC2)no1.Cl. The van der Waals surface area contributed by atoms with Gasteiger partial charge in [0.2, 0.25) is 5.76 Å². The van der Waals surface area contributed by atoms with Crippen LogP contribution in [0.25, 0.3) is 11.7 Å². The lowest BCUT2D eigenvalue weighted by Gasteiger charge is -2.17. The summed E-state index contributed by atoms with van der Waals surface area (Å²) >= 11 is 0. The van der Waals surface area contributed by atoms with Crippen LogP contribution in [0.15, 0.2) is 15.3 Å². The van der Waals surface area contributed by atoms with Gasteiger partial charge in [-0.2, -0.15) is 4.98 Å². The average molecular weight is 271 g/mol. The van der Waals surface area contributed by atoms with Gasteiger partial charge in [-0.1, -0.05) is 18.0 Å². The van der Waals surface area contributed by atoms with E-state index in [1.807, 2.05) is 6.92 Å². The number of aromatic nitrogens is 3. The fourth-order valence-corrected chi connectivity index (χ4v) is 2.25. The highest BCUT2D eigenvalue weighted by Gasteiger charge is 2.36. The average Bonchev–Trinajstić information content (AvgIpc) is 2.97. The summed E-state index contributed by atoms with van der Waals surface area (Å²) in [6, 6.07) is 0. The molecule has 1 fully saturated rings. The Hall–Kier alpha value is -1.40. The second kappa shape index (κ2) is 4.70. The van der Waals surface area contributed by atoms with Gasteiger partial charge in [-0.15, -0.1) is 12.4 Å². The topological polar surface area (TPSA) is 91.0 Å². The van der Waals surface area contributed by atoms with Gasteiger partial charge in [-0.05, 0) is 19.8 Å². The molecule has 0 aromatic carbocycles. The van der Waals surface area contributed by atoms with Crippen molar-refractivity contribution in [2.45, 2.75) is 38.1 Å². The Morgan fingerprint density at radius 2 is 2.06 bits per heavy atom. The number of oxazole rings is 1. The zero-order valence-corrected chi connectivity index (χ0v) is 10.9. The van der Waals surface area contributed by atoms with Gasteiger partial charge in [-0.25, -0.2) is 4.98 Å². The highest BCUT2D eigenvalue weighted by atomic mass is 35.5.